The minimum Gasteiger partial charge on any atom is -0.315 e. The largest absolute Gasteiger partial charge is 0.315 e. The normalized spacial score (nSPS) is 20.1. The monoisotopic (exact) mass is 244 g/mol. The van der Waals surface area contributed by atoms with Crippen LogP contribution in [0.4, 0.5) is 0 Å². The number of nitrogens with zero attached hydrogens (tertiary/aromatic N) is 3. The van der Waals surface area contributed by atoms with Gasteiger partial charge in [0.1, 0.15) is 0 Å². The van der Waals surface area contributed by atoms with Crippen molar-refractivity contribution in [1.82, 2.24) is 20.0 Å². The van der Waals surface area contributed by atoms with Crippen LogP contribution in [0.15, 0.2) is 6.20 Å². The van der Waals surface area contributed by atoms with Gasteiger partial charge in [0, 0.05) is 37.9 Å². The van der Waals surface area contributed by atoms with E-state index in [2.05, 4.69) is 35.5 Å². The van der Waals surface area contributed by atoms with Gasteiger partial charge < -0.3 is 5.32 Å². The Balaban J connectivity index is 0.00000128. The van der Waals surface area contributed by atoms with Gasteiger partial charge in [-0.05, 0) is 26.9 Å². The fourth-order valence-electron chi connectivity index (χ4n) is 2.22. The summed E-state index contributed by atoms with van der Waals surface area (Å²) in [7, 11) is 4.18. The summed E-state index contributed by atoms with van der Waals surface area (Å²) in [6, 6.07) is 0.685. The summed E-state index contributed by atoms with van der Waals surface area (Å²) >= 11 is 0. The van der Waals surface area contributed by atoms with Crippen LogP contribution in [0.5, 0.6) is 0 Å². The molecule has 2 rings (SSSR count). The highest BCUT2D eigenvalue weighted by Crippen LogP contribution is 2.13. The molecule has 0 aromatic carbocycles. The highest BCUT2D eigenvalue weighted by molar-refractivity contribution is 5.85. The Morgan fingerprint density at radius 2 is 2.38 bits per heavy atom. The predicted octanol–water partition coefficient (Wildman–Crippen LogP) is 0.944. The summed E-state index contributed by atoms with van der Waals surface area (Å²) in [5.74, 6) is 0. The van der Waals surface area contributed by atoms with E-state index in [4.69, 9.17) is 0 Å². The minimum absolute atomic E-state index is 0. The van der Waals surface area contributed by atoms with Crippen molar-refractivity contribution in [2.75, 3.05) is 20.1 Å². The molecule has 1 aromatic heterocycles. The smallest absolute Gasteiger partial charge is 0.0638 e. The van der Waals surface area contributed by atoms with Gasteiger partial charge in [-0.1, -0.05) is 0 Å². The average Bonchev–Trinajstić information content (AvgIpc) is 2.76. The van der Waals surface area contributed by atoms with E-state index >= 15 is 0 Å². The lowest BCUT2D eigenvalue weighted by atomic mass is 10.2. The maximum atomic E-state index is 4.37. The number of aromatic nitrogens is 2. The number of hydrogen-bond donors (Lipinski definition) is 1. The molecule has 16 heavy (non-hydrogen) atoms. The van der Waals surface area contributed by atoms with E-state index in [1.54, 1.807) is 0 Å². The molecule has 1 atom stereocenters. The van der Waals surface area contributed by atoms with E-state index in [9.17, 15) is 0 Å². The SMILES string of the molecule is Cc1nn(C)cc1CN(C)C1CCNC1.Cl. The van der Waals surface area contributed by atoms with Crippen LogP contribution in [-0.2, 0) is 13.6 Å². The van der Waals surface area contributed by atoms with Gasteiger partial charge in [0.15, 0.2) is 0 Å². The lowest BCUT2D eigenvalue weighted by Gasteiger charge is -2.22. The van der Waals surface area contributed by atoms with E-state index in [1.165, 1.54) is 12.0 Å². The summed E-state index contributed by atoms with van der Waals surface area (Å²) in [6.45, 7) is 5.36. The molecule has 0 aliphatic carbocycles. The Labute approximate surface area is 103 Å². The van der Waals surface area contributed by atoms with Crippen molar-refractivity contribution in [3.8, 4) is 0 Å². The number of nitrogens with one attached hydrogen (secondary N) is 1. The van der Waals surface area contributed by atoms with Crippen molar-refractivity contribution in [3.63, 3.8) is 0 Å². The molecule has 1 aliphatic rings. The summed E-state index contributed by atoms with van der Waals surface area (Å²) in [6.07, 6.45) is 3.38. The van der Waals surface area contributed by atoms with Gasteiger partial charge in [0.2, 0.25) is 0 Å². The standard InChI is InChI=1S/C11H20N4.ClH/c1-9-10(8-15(3)13-9)7-14(2)11-4-5-12-6-11;/h8,11-12H,4-7H2,1-3H3;1H. The second-order valence-corrected chi connectivity index (χ2v) is 4.48. The predicted molar refractivity (Wildman–Crippen MR) is 67.9 cm³/mol. The molecule has 0 bridgehead atoms. The molecule has 1 N–H and O–H groups in total. The van der Waals surface area contributed by atoms with Gasteiger partial charge in [-0.3, -0.25) is 9.58 Å². The molecule has 0 saturated carbocycles. The zero-order chi connectivity index (χ0) is 10.8. The lowest BCUT2D eigenvalue weighted by molar-refractivity contribution is 0.248. The number of rotatable bonds is 3. The van der Waals surface area contributed by atoms with Crippen LogP contribution >= 0.6 is 12.4 Å². The fraction of sp³-hybridized carbons (Fsp3) is 0.727. The first-order chi connectivity index (χ1) is 7.16. The van der Waals surface area contributed by atoms with E-state index in [0.29, 0.717) is 6.04 Å². The Morgan fingerprint density at radius 1 is 1.62 bits per heavy atom. The van der Waals surface area contributed by atoms with E-state index in [-0.39, 0.29) is 12.4 Å². The molecular formula is C11H21ClN4. The maximum absolute atomic E-state index is 4.37. The lowest BCUT2D eigenvalue weighted by Crippen LogP contribution is -2.32. The second kappa shape index (κ2) is 5.66. The Bertz CT molecular complexity index is 331. The quantitative estimate of drug-likeness (QED) is 0.860. The van der Waals surface area contributed by atoms with Crippen LogP contribution in [-0.4, -0.2) is 40.9 Å². The molecule has 1 saturated heterocycles. The zero-order valence-corrected chi connectivity index (χ0v) is 11.0. The van der Waals surface area contributed by atoms with Crippen molar-refractivity contribution in [3.05, 3.63) is 17.5 Å². The van der Waals surface area contributed by atoms with Gasteiger partial charge in [0.25, 0.3) is 0 Å². The molecule has 1 fully saturated rings. The van der Waals surface area contributed by atoms with Crippen molar-refractivity contribution < 1.29 is 0 Å². The number of aryl methyl sites for hydroxylation is 2. The first-order valence-corrected chi connectivity index (χ1v) is 5.57. The van der Waals surface area contributed by atoms with Gasteiger partial charge in [-0.2, -0.15) is 5.10 Å². The van der Waals surface area contributed by atoms with Crippen LogP contribution in [0.25, 0.3) is 0 Å². The topological polar surface area (TPSA) is 33.1 Å². The van der Waals surface area contributed by atoms with Gasteiger partial charge >= 0.3 is 0 Å². The van der Waals surface area contributed by atoms with Crippen LogP contribution in [0.1, 0.15) is 17.7 Å². The summed E-state index contributed by atoms with van der Waals surface area (Å²) in [5.41, 5.74) is 2.49. The van der Waals surface area contributed by atoms with Gasteiger partial charge in [-0.15, -0.1) is 12.4 Å². The van der Waals surface area contributed by atoms with E-state index < -0.39 is 0 Å². The van der Waals surface area contributed by atoms with E-state index in [0.717, 1.165) is 25.3 Å². The highest BCUT2D eigenvalue weighted by Gasteiger charge is 2.19. The molecular weight excluding hydrogens is 224 g/mol. The molecule has 5 heteroatoms. The molecule has 0 spiro atoms. The maximum Gasteiger partial charge on any atom is 0.0638 e. The van der Waals surface area contributed by atoms with Crippen LogP contribution in [0.3, 0.4) is 0 Å². The second-order valence-electron chi connectivity index (χ2n) is 4.48. The molecule has 0 amide bonds. The van der Waals surface area contributed by atoms with E-state index in [1.807, 2.05) is 11.7 Å². The third-order valence-corrected chi connectivity index (χ3v) is 3.19. The number of hydrogen-bond acceptors (Lipinski definition) is 3. The van der Waals surface area contributed by atoms with Gasteiger partial charge in [0.05, 0.1) is 5.69 Å². The third kappa shape index (κ3) is 2.97. The molecule has 0 radical (unpaired) electrons. The van der Waals surface area contributed by atoms with Crippen molar-refractivity contribution >= 4 is 12.4 Å². The van der Waals surface area contributed by atoms with Crippen molar-refractivity contribution in [2.45, 2.75) is 25.9 Å². The zero-order valence-electron chi connectivity index (χ0n) is 10.2. The Hall–Kier alpha value is -0.580. The Kier molecular flexibility index (Phi) is 4.77. The number of halogens is 1. The van der Waals surface area contributed by atoms with Crippen LogP contribution < -0.4 is 5.32 Å². The van der Waals surface area contributed by atoms with Crippen molar-refractivity contribution in [1.29, 1.82) is 0 Å². The Morgan fingerprint density at radius 3 is 2.88 bits per heavy atom. The average molecular weight is 245 g/mol. The van der Waals surface area contributed by atoms with Crippen LogP contribution in [0, 0.1) is 6.92 Å². The summed E-state index contributed by atoms with van der Waals surface area (Å²) < 4.78 is 1.89. The van der Waals surface area contributed by atoms with Crippen molar-refractivity contribution in [2.24, 2.45) is 7.05 Å². The van der Waals surface area contributed by atoms with Crippen LogP contribution in [0.2, 0.25) is 0 Å². The molecule has 2 heterocycles. The molecule has 1 unspecified atom stereocenters. The molecule has 4 nitrogen and oxygen atoms in total. The highest BCUT2D eigenvalue weighted by atomic mass is 35.5. The fourth-order valence-corrected chi connectivity index (χ4v) is 2.22. The molecule has 92 valence electrons. The molecule has 1 aromatic rings. The summed E-state index contributed by atoms with van der Waals surface area (Å²) in [5, 5.41) is 7.76. The minimum atomic E-state index is 0. The third-order valence-electron chi connectivity index (χ3n) is 3.19. The molecule has 1 aliphatic heterocycles. The first kappa shape index (κ1) is 13.5. The van der Waals surface area contributed by atoms with Gasteiger partial charge in [-0.25, -0.2) is 0 Å². The number of likely N-dealkylation sites (N-methyl/N-ethyl adjacent to an activating group) is 1. The summed E-state index contributed by atoms with van der Waals surface area (Å²) in [4.78, 5) is 2.42. The first-order valence-electron chi connectivity index (χ1n) is 5.57.